The maximum atomic E-state index is 11.2. The summed E-state index contributed by atoms with van der Waals surface area (Å²) in [5.41, 5.74) is 0. The molecule has 0 bridgehead atoms. The van der Waals surface area contributed by atoms with Crippen molar-refractivity contribution < 1.29 is 14.6 Å². The molecule has 0 aliphatic carbocycles. The molecule has 2 atom stereocenters. The SMILES string of the molecule is CCCC[C@H](NC(C)COc1ccc(Cl)c(Cl)c1)C(=O)O. The van der Waals surface area contributed by atoms with Crippen molar-refractivity contribution in [1.29, 1.82) is 0 Å². The number of halogens is 2. The molecule has 0 saturated carbocycles. The minimum Gasteiger partial charge on any atom is -0.492 e. The van der Waals surface area contributed by atoms with Gasteiger partial charge in [0.05, 0.1) is 10.0 Å². The molecule has 118 valence electrons. The summed E-state index contributed by atoms with van der Waals surface area (Å²) in [6.07, 6.45) is 2.47. The maximum Gasteiger partial charge on any atom is 0.320 e. The first-order valence-corrected chi connectivity index (χ1v) is 7.76. The van der Waals surface area contributed by atoms with Crippen molar-refractivity contribution in [2.24, 2.45) is 0 Å². The summed E-state index contributed by atoms with van der Waals surface area (Å²) >= 11 is 11.7. The molecule has 0 aliphatic heterocycles. The number of unbranched alkanes of at least 4 members (excludes halogenated alkanes) is 1. The maximum absolute atomic E-state index is 11.2. The number of carboxylic acid groups (broad SMARTS) is 1. The van der Waals surface area contributed by atoms with Crippen LogP contribution in [0.15, 0.2) is 18.2 Å². The molecule has 1 aromatic carbocycles. The topological polar surface area (TPSA) is 58.6 Å². The first-order valence-electron chi connectivity index (χ1n) is 7.00. The number of hydrogen-bond donors (Lipinski definition) is 2. The first kappa shape index (κ1) is 18.1. The molecule has 6 heteroatoms. The average Bonchev–Trinajstić information content (AvgIpc) is 2.44. The van der Waals surface area contributed by atoms with Gasteiger partial charge in [-0.05, 0) is 25.5 Å². The minimum atomic E-state index is -0.829. The second-order valence-corrected chi connectivity index (χ2v) is 5.80. The fraction of sp³-hybridized carbons (Fsp3) is 0.533. The smallest absolute Gasteiger partial charge is 0.320 e. The lowest BCUT2D eigenvalue weighted by Gasteiger charge is -2.20. The fourth-order valence-electron chi connectivity index (χ4n) is 1.87. The Morgan fingerprint density at radius 2 is 2.10 bits per heavy atom. The molecule has 4 nitrogen and oxygen atoms in total. The van der Waals surface area contributed by atoms with Crippen LogP contribution in [0.2, 0.25) is 10.0 Å². The Hall–Kier alpha value is -0.970. The number of aliphatic carboxylic acids is 1. The summed E-state index contributed by atoms with van der Waals surface area (Å²) in [7, 11) is 0. The van der Waals surface area contributed by atoms with Gasteiger partial charge in [-0.3, -0.25) is 10.1 Å². The van der Waals surface area contributed by atoms with E-state index in [9.17, 15) is 4.79 Å². The van der Waals surface area contributed by atoms with E-state index in [0.717, 1.165) is 12.8 Å². The number of hydrogen-bond acceptors (Lipinski definition) is 3. The summed E-state index contributed by atoms with van der Waals surface area (Å²) in [4.78, 5) is 11.2. The molecule has 0 heterocycles. The molecule has 0 aliphatic rings. The lowest BCUT2D eigenvalue weighted by Crippen LogP contribution is -2.44. The first-order chi connectivity index (χ1) is 9.93. The molecular formula is C15H21Cl2NO3. The van der Waals surface area contributed by atoms with Crippen LogP contribution in [0.4, 0.5) is 0 Å². The standard InChI is InChI=1S/C15H21Cl2NO3/c1-3-4-5-14(15(19)20)18-10(2)9-21-11-6-7-12(16)13(17)8-11/h6-8,10,14,18H,3-5,9H2,1-2H3,(H,19,20)/t10?,14-/m0/s1. The monoisotopic (exact) mass is 333 g/mol. The number of nitrogens with one attached hydrogen (secondary N) is 1. The number of rotatable bonds is 9. The van der Waals surface area contributed by atoms with Gasteiger partial charge in [0.25, 0.3) is 0 Å². The van der Waals surface area contributed by atoms with Crippen LogP contribution in [-0.4, -0.2) is 29.8 Å². The molecule has 0 fully saturated rings. The molecule has 2 N–H and O–H groups in total. The highest BCUT2D eigenvalue weighted by Gasteiger charge is 2.19. The lowest BCUT2D eigenvalue weighted by molar-refractivity contribution is -0.140. The Bertz CT molecular complexity index is 468. The van der Waals surface area contributed by atoms with Crippen LogP contribution < -0.4 is 10.1 Å². The van der Waals surface area contributed by atoms with E-state index in [-0.39, 0.29) is 6.04 Å². The number of ether oxygens (including phenoxy) is 1. The van der Waals surface area contributed by atoms with E-state index >= 15 is 0 Å². The van der Waals surface area contributed by atoms with Crippen molar-refractivity contribution in [3.8, 4) is 5.75 Å². The van der Waals surface area contributed by atoms with Crippen molar-refractivity contribution >= 4 is 29.2 Å². The molecule has 1 unspecified atom stereocenters. The summed E-state index contributed by atoms with van der Waals surface area (Å²) in [5, 5.41) is 13.1. The van der Waals surface area contributed by atoms with Gasteiger partial charge in [-0.25, -0.2) is 0 Å². The van der Waals surface area contributed by atoms with Crippen LogP contribution in [0, 0.1) is 0 Å². The van der Waals surface area contributed by atoms with Crippen LogP contribution in [0.1, 0.15) is 33.1 Å². The lowest BCUT2D eigenvalue weighted by atomic mass is 10.1. The second-order valence-electron chi connectivity index (χ2n) is 4.99. The van der Waals surface area contributed by atoms with Crippen LogP contribution in [-0.2, 0) is 4.79 Å². The van der Waals surface area contributed by atoms with Gasteiger partial charge in [0.1, 0.15) is 18.4 Å². The Morgan fingerprint density at radius 1 is 1.38 bits per heavy atom. The Morgan fingerprint density at radius 3 is 2.67 bits per heavy atom. The van der Waals surface area contributed by atoms with Gasteiger partial charge < -0.3 is 9.84 Å². The van der Waals surface area contributed by atoms with Gasteiger partial charge in [0.2, 0.25) is 0 Å². The Balaban J connectivity index is 2.46. The third kappa shape index (κ3) is 6.55. The van der Waals surface area contributed by atoms with Crippen molar-refractivity contribution in [1.82, 2.24) is 5.32 Å². The Kier molecular flexibility index (Phi) is 7.86. The van der Waals surface area contributed by atoms with E-state index in [4.69, 9.17) is 33.0 Å². The van der Waals surface area contributed by atoms with Crippen LogP contribution >= 0.6 is 23.2 Å². The van der Waals surface area contributed by atoms with Crippen molar-refractivity contribution in [3.05, 3.63) is 28.2 Å². The van der Waals surface area contributed by atoms with E-state index in [2.05, 4.69) is 5.32 Å². The summed E-state index contributed by atoms with van der Waals surface area (Å²) < 4.78 is 5.59. The highest BCUT2D eigenvalue weighted by molar-refractivity contribution is 6.42. The van der Waals surface area contributed by atoms with Gasteiger partial charge >= 0.3 is 5.97 Å². The van der Waals surface area contributed by atoms with Crippen molar-refractivity contribution in [2.75, 3.05) is 6.61 Å². The normalized spacial score (nSPS) is 13.7. The van der Waals surface area contributed by atoms with Gasteiger partial charge in [-0.2, -0.15) is 0 Å². The Labute approximate surface area is 135 Å². The molecule has 0 radical (unpaired) electrons. The number of carbonyl (C=O) groups is 1. The zero-order chi connectivity index (χ0) is 15.8. The molecule has 0 saturated heterocycles. The fourth-order valence-corrected chi connectivity index (χ4v) is 2.15. The highest BCUT2D eigenvalue weighted by atomic mass is 35.5. The van der Waals surface area contributed by atoms with Crippen LogP contribution in [0.5, 0.6) is 5.75 Å². The van der Waals surface area contributed by atoms with Gasteiger partial charge in [0.15, 0.2) is 0 Å². The molecule has 0 spiro atoms. The van der Waals surface area contributed by atoms with E-state index in [0.29, 0.717) is 28.8 Å². The highest BCUT2D eigenvalue weighted by Crippen LogP contribution is 2.26. The predicted molar refractivity (Wildman–Crippen MR) is 85.5 cm³/mol. The van der Waals surface area contributed by atoms with Crippen molar-refractivity contribution in [2.45, 2.75) is 45.2 Å². The predicted octanol–water partition coefficient (Wildman–Crippen LogP) is 3.99. The average molecular weight is 334 g/mol. The third-order valence-electron chi connectivity index (χ3n) is 3.02. The summed E-state index contributed by atoms with van der Waals surface area (Å²) in [6.45, 7) is 4.28. The molecule has 21 heavy (non-hydrogen) atoms. The summed E-state index contributed by atoms with van der Waals surface area (Å²) in [5.74, 6) is -0.219. The van der Waals surface area contributed by atoms with Crippen LogP contribution in [0.25, 0.3) is 0 Å². The van der Waals surface area contributed by atoms with E-state index in [1.54, 1.807) is 18.2 Å². The van der Waals surface area contributed by atoms with Gasteiger partial charge in [-0.1, -0.05) is 43.0 Å². The molecule has 1 rings (SSSR count). The minimum absolute atomic E-state index is 0.0857. The van der Waals surface area contributed by atoms with E-state index in [1.165, 1.54) is 0 Å². The summed E-state index contributed by atoms with van der Waals surface area (Å²) in [6, 6.07) is 4.41. The molecule has 0 aromatic heterocycles. The largest absolute Gasteiger partial charge is 0.492 e. The number of carboxylic acids is 1. The van der Waals surface area contributed by atoms with Crippen LogP contribution in [0.3, 0.4) is 0 Å². The molecular weight excluding hydrogens is 313 g/mol. The van der Waals surface area contributed by atoms with E-state index in [1.807, 2.05) is 13.8 Å². The quantitative estimate of drug-likeness (QED) is 0.717. The number of benzene rings is 1. The van der Waals surface area contributed by atoms with Gasteiger partial charge in [-0.15, -0.1) is 0 Å². The third-order valence-corrected chi connectivity index (χ3v) is 3.76. The van der Waals surface area contributed by atoms with Crippen molar-refractivity contribution in [3.63, 3.8) is 0 Å². The zero-order valence-electron chi connectivity index (χ0n) is 12.2. The molecule has 0 amide bonds. The van der Waals surface area contributed by atoms with E-state index < -0.39 is 12.0 Å². The molecule has 1 aromatic rings. The zero-order valence-corrected chi connectivity index (χ0v) is 13.7. The van der Waals surface area contributed by atoms with Gasteiger partial charge in [0, 0.05) is 12.1 Å². The second kappa shape index (κ2) is 9.13.